The molecule has 132 valence electrons. The average molecular weight is 340 g/mol. The Morgan fingerprint density at radius 2 is 2.16 bits per heavy atom. The lowest BCUT2D eigenvalue weighted by Crippen LogP contribution is -2.49. The van der Waals surface area contributed by atoms with Crippen LogP contribution >= 0.6 is 0 Å². The van der Waals surface area contributed by atoms with E-state index in [1.54, 1.807) is 7.11 Å². The monoisotopic (exact) mass is 340 g/mol. The van der Waals surface area contributed by atoms with E-state index in [1.807, 2.05) is 23.1 Å². The standard InChI is InChI=1S/C19H24N4O2/c1-13-10-14-11-16(25-2)5-6-17(14)21-18(13)22-8-3-4-15(12-22)23-9-7-20-19(23)24/h5-6,10-11,15H,3-4,7-9,12H2,1-2H3,(H,20,24)/t15-/m1/s1. The van der Waals surface area contributed by atoms with Gasteiger partial charge >= 0.3 is 6.03 Å². The second-order valence-electron chi connectivity index (χ2n) is 6.85. The Labute approximate surface area is 147 Å². The van der Waals surface area contributed by atoms with Crippen molar-refractivity contribution in [1.82, 2.24) is 15.2 Å². The lowest BCUT2D eigenvalue weighted by atomic mass is 10.0. The lowest BCUT2D eigenvalue weighted by Gasteiger charge is -2.38. The highest BCUT2D eigenvalue weighted by Gasteiger charge is 2.32. The first-order chi connectivity index (χ1) is 12.2. The fourth-order valence-electron chi connectivity index (χ4n) is 3.93. The second kappa shape index (κ2) is 6.43. The van der Waals surface area contributed by atoms with Crippen molar-refractivity contribution in [1.29, 1.82) is 0 Å². The summed E-state index contributed by atoms with van der Waals surface area (Å²) < 4.78 is 5.31. The average Bonchev–Trinajstić information content (AvgIpc) is 3.06. The topological polar surface area (TPSA) is 57.7 Å². The number of nitrogens with one attached hydrogen (secondary N) is 1. The van der Waals surface area contributed by atoms with Crippen LogP contribution < -0.4 is 15.0 Å². The highest BCUT2D eigenvalue weighted by molar-refractivity contribution is 5.83. The predicted molar refractivity (Wildman–Crippen MR) is 98.4 cm³/mol. The minimum absolute atomic E-state index is 0.0714. The molecule has 2 aromatic rings. The molecule has 0 unspecified atom stereocenters. The van der Waals surface area contributed by atoms with Gasteiger partial charge in [-0.3, -0.25) is 0 Å². The zero-order valence-electron chi connectivity index (χ0n) is 14.8. The van der Waals surface area contributed by atoms with Gasteiger partial charge in [0, 0.05) is 31.6 Å². The van der Waals surface area contributed by atoms with Crippen molar-refractivity contribution in [3.63, 3.8) is 0 Å². The molecule has 6 heteroatoms. The molecular weight excluding hydrogens is 316 g/mol. The van der Waals surface area contributed by atoms with Gasteiger partial charge in [0.05, 0.1) is 18.7 Å². The van der Waals surface area contributed by atoms with Gasteiger partial charge in [0.25, 0.3) is 0 Å². The summed E-state index contributed by atoms with van der Waals surface area (Å²) in [6.45, 7) is 5.50. The van der Waals surface area contributed by atoms with E-state index >= 15 is 0 Å². The number of hydrogen-bond acceptors (Lipinski definition) is 4. The first kappa shape index (κ1) is 16.0. The number of ether oxygens (including phenoxy) is 1. The number of methoxy groups -OCH3 is 1. The van der Waals surface area contributed by atoms with Crippen molar-refractivity contribution in [3.05, 3.63) is 29.8 Å². The molecule has 3 heterocycles. The fourth-order valence-corrected chi connectivity index (χ4v) is 3.93. The SMILES string of the molecule is COc1ccc2nc(N3CCC[C@@H](N4CCNC4=O)C3)c(C)cc2c1. The second-order valence-corrected chi connectivity index (χ2v) is 6.85. The summed E-state index contributed by atoms with van der Waals surface area (Å²) in [5.41, 5.74) is 2.13. The van der Waals surface area contributed by atoms with Crippen LogP contribution in [0.15, 0.2) is 24.3 Å². The number of urea groups is 1. The maximum absolute atomic E-state index is 12.0. The molecule has 1 atom stereocenters. The molecule has 6 nitrogen and oxygen atoms in total. The number of pyridine rings is 1. The number of aromatic nitrogens is 1. The molecule has 2 fully saturated rings. The Balaban J connectivity index is 1.62. The first-order valence-electron chi connectivity index (χ1n) is 8.90. The molecule has 25 heavy (non-hydrogen) atoms. The number of fused-ring (bicyclic) bond motifs is 1. The molecular formula is C19H24N4O2. The number of hydrogen-bond donors (Lipinski definition) is 1. The molecule has 0 radical (unpaired) electrons. The highest BCUT2D eigenvalue weighted by atomic mass is 16.5. The van der Waals surface area contributed by atoms with Crippen molar-refractivity contribution < 1.29 is 9.53 Å². The Morgan fingerprint density at radius 1 is 1.28 bits per heavy atom. The third-order valence-corrected chi connectivity index (χ3v) is 5.21. The summed E-state index contributed by atoms with van der Waals surface area (Å²) >= 11 is 0. The molecule has 0 bridgehead atoms. The third kappa shape index (κ3) is 2.97. The highest BCUT2D eigenvalue weighted by Crippen LogP contribution is 2.29. The van der Waals surface area contributed by atoms with E-state index in [1.165, 1.54) is 0 Å². The van der Waals surface area contributed by atoms with Gasteiger partial charge in [-0.05, 0) is 49.6 Å². The lowest BCUT2D eigenvalue weighted by molar-refractivity contribution is 0.189. The Morgan fingerprint density at radius 3 is 2.92 bits per heavy atom. The van der Waals surface area contributed by atoms with Crippen LogP contribution in [-0.2, 0) is 0 Å². The summed E-state index contributed by atoms with van der Waals surface area (Å²) in [7, 11) is 1.68. The first-order valence-corrected chi connectivity index (χ1v) is 8.90. The van der Waals surface area contributed by atoms with E-state index in [-0.39, 0.29) is 12.1 Å². The van der Waals surface area contributed by atoms with Gasteiger partial charge < -0.3 is 19.9 Å². The van der Waals surface area contributed by atoms with Gasteiger partial charge in [-0.1, -0.05) is 0 Å². The van der Waals surface area contributed by atoms with Gasteiger partial charge in [-0.2, -0.15) is 0 Å². The van der Waals surface area contributed by atoms with Crippen molar-refractivity contribution >= 4 is 22.8 Å². The van der Waals surface area contributed by atoms with Crippen LogP contribution in [0.5, 0.6) is 5.75 Å². The zero-order chi connectivity index (χ0) is 17.4. The summed E-state index contributed by atoms with van der Waals surface area (Å²) in [5.74, 6) is 1.88. The largest absolute Gasteiger partial charge is 0.497 e. The minimum Gasteiger partial charge on any atom is -0.497 e. The van der Waals surface area contributed by atoms with E-state index in [9.17, 15) is 4.79 Å². The number of nitrogens with zero attached hydrogens (tertiary/aromatic N) is 3. The number of amides is 2. The number of anilines is 1. The van der Waals surface area contributed by atoms with Crippen molar-refractivity contribution in [2.45, 2.75) is 25.8 Å². The van der Waals surface area contributed by atoms with Crippen LogP contribution in [0.1, 0.15) is 18.4 Å². The van der Waals surface area contributed by atoms with Gasteiger partial charge in [0.2, 0.25) is 0 Å². The Kier molecular flexibility index (Phi) is 4.11. The smallest absolute Gasteiger partial charge is 0.317 e. The number of benzene rings is 1. The molecule has 2 saturated heterocycles. The Bertz CT molecular complexity index is 807. The fraction of sp³-hybridized carbons (Fsp3) is 0.474. The van der Waals surface area contributed by atoms with Gasteiger partial charge in [-0.15, -0.1) is 0 Å². The molecule has 0 spiro atoms. The zero-order valence-corrected chi connectivity index (χ0v) is 14.8. The summed E-state index contributed by atoms with van der Waals surface area (Å²) in [5, 5.41) is 4.00. The van der Waals surface area contributed by atoms with Crippen molar-refractivity contribution in [3.8, 4) is 5.75 Å². The molecule has 1 aromatic carbocycles. The van der Waals surface area contributed by atoms with Crippen LogP contribution in [0, 0.1) is 6.92 Å². The summed E-state index contributed by atoms with van der Waals surface area (Å²) in [4.78, 5) is 21.2. The number of aryl methyl sites for hydroxylation is 1. The molecule has 0 saturated carbocycles. The maximum atomic E-state index is 12.0. The maximum Gasteiger partial charge on any atom is 0.317 e. The third-order valence-electron chi connectivity index (χ3n) is 5.21. The number of carbonyl (C=O) groups excluding carboxylic acids is 1. The van der Waals surface area contributed by atoms with Crippen LogP contribution in [0.25, 0.3) is 10.9 Å². The van der Waals surface area contributed by atoms with Gasteiger partial charge in [0.15, 0.2) is 0 Å². The summed E-state index contributed by atoms with van der Waals surface area (Å²) in [6.07, 6.45) is 2.14. The van der Waals surface area contributed by atoms with Crippen LogP contribution in [0.2, 0.25) is 0 Å². The Hall–Kier alpha value is -2.50. The van der Waals surface area contributed by atoms with E-state index in [2.05, 4.69) is 23.2 Å². The van der Waals surface area contributed by atoms with E-state index in [0.717, 1.165) is 67.1 Å². The van der Waals surface area contributed by atoms with Crippen LogP contribution in [0.3, 0.4) is 0 Å². The number of piperidine rings is 1. The predicted octanol–water partition coefficient (Wildman–Crippen LogP) is 2.55. The molecule has 2 aliphatic heterocycles. The van der Waals surface area contributed by atoms with Gasteiger partial charge in [0.1, 0.15) is 11.6 Å². The molecule has 1 N–H and O–H groups in total. The van der Waals surface area contributed by atoms with E-state index in [0.29, 0.717) is 0 Å². The quantitative estimate of drug-likeness (QED) is 0.933. The van der Waals surface area contributed by atoms with E-state index in [4.69, 9.17) is 9.72 Å². The van der Waals surface area contributed by atoms with E-state index < -0.39 is 0 Å². The minimum atomic E-state index is 0.0714. The number of carbonyl (C=O) groups is 1. The number of rotatable bonds is 3. The molecule has 0 aliphatic carbocycles. The van der Waals surface area contributed by atoms with Crippen molar-refractivity contribution in [2.75, 3.05) is 38.2 Å². The molecule has 2 aliphatic rings. The van der Waals surface area contributed by atoms with Gasteiger partial charge in [-0.25, -0.2) is 9.78 Å². The molecule has 1 aromatic heterocycles. The van der Waals surface area contributed by atoms with Crippen molar-refractivity contribution in [2.24, 2.45) is 0 Å². The summed E-state index contributed by atoms with van der Waals surface area (Å²) in [6, 6.07) is 8.49. The normalized spacial score (nSPS) is 20.9. The van der Waals surface area contributed by atoms with Crippen LogP contribution in [-0.4, -0.2) is 55.2 Å². The molecule has 2 amide bonds. The van der Waals surface area contributed by atoms with Crippen LogP contribution in [0.4, 0.5) is 10.6 Å². The molecule has 4 rings (SSSR count).